The van der Waals surface area contributed by atoms with E-state index in [9.17, 15) is 4.79 Å². The van der Waals surface area contributed by atoms with E-state index in [2.05, 4.69) is 20.4 Å². The summed E-state index contributed by atoms with van der Waals surface area (Å²) >= 11 is 1.57. The molecule has 4 rings (SSSR count). The van der Waals surface area contributed by atoms with Crippen molar-refractivity contribution in [2.24, 2.45) is 12.0 Å². The van der Waals surface area contributed by atoms with Gasteiger partial charge >= 0.3 is 0 Å². The van der Waals surface area contributed by atoms with Crippen LogP contribution in [0.5, 0.6) is 0 Å². The van der Waals surface area contributed by atoms with Gasteiger partial charge in [0, 0.05) is 36.8 Å². The lowest BCUT2D eigenvalue weighted by Gasteiger charge is -2.06. The molecule has 8 heteroatoms. The molecule has 3 heterocycles. The summed E-state index contributed by atoms with van der Waals surface area (Å²) < 4.78 is 1.78. The van der Waals surface area contributed by atoms with Gasteiger partial charge in [-0.2, -0.15) is 5.10 Å². The van der Waals surface area contributed by atoms with Crippen molar-refractivity contribution < 1.29 is 4.79 Å². The molecule has 132 valence electrons. The van der Waals surface area contributed by atoms with Crippen LogP contribution in [0.3, 0.4) is 0 Å². The molecule has 0 aliphatic carbocycles. The third-order valence-corrected chi connectivity index (χ3v) is 5.04. The van der Waals surface area contributed by atoms with Crippen LogP contribution < -0.4 is 5.32 Å². The standard InChI is InChI=1S/C18H18N6OS/c1-11-10-26-16(20-11)8-19-18-21-15(17(25)24(18)3)7-12-4-5-14-13(6-12)9-23(2)22-14/h4-7,9-10H,8H2,1-3H3,(H,19,21)/b15-7-. The van der Waals surface area contributed by atoms with Gasteiger partial charge in [-0.3, -0.25) is 14.4 Å². The van der Waals surface area contributed by atoms with E-state index in [4.69, 9.17) is 0 Å². The van der Waals surface area contributed by atoms with Crippen LogP contribution >= 0.6 is 11.3 Å². The van der Waals surface area contributed by atoms with Crippen molar-refractivity contribution in [3.63, 3.8) is 0 Å². The van der Waals surface area contributed by atoms with Crippen LogP contribution in [0.4, 0.5) is 0 Å². The summed E-state index contributed by atoms with van der Waals surface area (Å²) in [5.41, 5.74) is 3.36. The maximum absolute atomic E-state index is 12.5. The van der Waals surface area contributed by atoms with E-state index in [-0.39, 0.29) is 5.91 Å². The Morgan fingerprint density at radius 3 is 2.96 bits per heavy atom. The molecule has 1 fully saturated rings. The van der Waals surface area contributed by atoms with E-state index in [0.717, 1.165) is 27.2 Å². The predicted octanol–water partition coefficient (Wildman–Crippen LogP) is 2.30. The summed E-state index contributed by atoms with van der Waals surface area (Å²) in [5, 5.41) is 11.4. The number of rotatable bonds is 3. The highest BCUT2D eigenvalue weighted by molar-refractivity contribution is 7.09. The number of carbonyl (C=O) groups excluding carboxylic acids is 1. The van der Waals surface area contributed by atoms with Gasteiger partial charge in [-0.25, -0.2) is 9.98 Å². The highest BCUT2D eigenvalue weighted by atomic mass is 32.1. The van der Waals surface area contributed by atoms with E-state index in [1.807, 2.05) is 49.8 Å². The smallest absolute Gasteiger partial charge is 0.276 e. The Morgan fingerprint density at radius 1 is 1.35 bits per heavy atom. The first kappa shape index (κ1) is 16.5. The summed E-state index contributed by atoms with van der Waals surface area (Å²) in [7, 11) is 3.61. The van der Waals surface area contributed by atoms with Gasteiger partial charge in [-0.05, 0) is 30.7 Å². The number of amides is 1. The number of nitrogens with zero attached hydrogens (tertiary/aromatic N) is 5. The number of thiazole rings is 1. The molecule has 0 radical (unpaired) electrons. The molecule has 1 aromatic carbocycles. The number of aliphatic imine (C=N–C) groups is 1. The van der Waals surface area contributed by atoms with Gasteiger partial charge in [0.2, 0.25) is 5.96 Å². The molecular formula is C18H18N6OS. The number of hydrogen-bond acceptors (Lipinski definition) is 5. The third kappa shape index (κ3) is 3.11. The third-order valence-electron chi connectivity index (χ3n) is 4.08. The SMILES string of the molecule is Cc1csc(CN=C2N/C(=C\c3ccc4nn(C)cc4c3)C(=O)N2C)n1. The number of aryl methyl sites for hydroxylation is 2. The fourth-order valence-electron chi connectivity index (χ4n) is 2.82. The van der Waals surface area contributed by atoms with Crippen molar-refractivity contribution in [1.29, 1.82) is 0 Å². The zero-order valence-electron chi connectivity index (χ0n) is 14.7. The number of aromatic nitrogens is 3. The average molecular weight is 366 g/mol. The second kappa shape index (κ2) is 6.38. The second-order valence-electron chi connectivity index (χ2n) is 6.19. The van der Waals surface area contributed by atoms with Crippen molar-refractivity contribution in [1.82, 2.24) is 25.0 Å². The molecule has 3 aromatic rings. The summed E-state index contributed by atoms with van der Waals surface area (Å²) in [6.45, 7) is 2.41. The first-order chi connectivity index (χ1) is 12.5. The molecule has 0 unspecified atom stereocenters. The molecule has 1 aliphatic rings. The minimum absolute atomic E-state index is 0.106. The van der Waals surface area contributed by atoms with E-state index < -0.39 is 0 Å². The van der Waals surface area contributed by atoms with Crippen molar-refractivity contribution in [3.8, 4) is 0 Å². The molecule has 0 saturated carbocycles. The molecule has 26 heavy (non-hydrogen) atoms. The van der Waals surface area contributed by atoms with Crippen LogP contribution in [0.2, 0.25) is 0 Å². The van der Waals surface area contributed by atoms with Gasteiger partial charge in [-0.1, -0.05) is 6.07 Å². The van der Waals surface area contributed by atoms with Gasteiger partial charge in [0.05, 0.1) is 12.1 Å². The molecule has 1 saturated heterocycles. The Hall–Kier alpha value is -3.00. The van der Waals surface area contributed by atoms with Crippen LogP contribution in [-0.2, 0) is 18.4 Å². The predicted molar refractivity (Wildman–Crippen MR) is 103 cm³/mol. The summed E-state index contributed by atoms with van der Waals surface area (Å²) in [6.07, 6.45) is 3.79. The number of likely N-dealkylation sites (N-methyl/N-ethyl adjacent to an activating group) is 1. The van der Waals surface area contributed by atoms with Crippen LogP contribution in [0.1, 0.15) is 16.3 Å². The maximum atomic E-state index is 12.5. The van der Waals surface area contributed by atoms with E-state index in [0.29, 0.717) is 18.2 Å². The number of carbonyl (C=O) groups is 1. The maximum Gasteiger partial charge on any atom is 0.276 e. The minimum Gasteiger partial charge on any atom is -0.321 e. The van der Waals surface area contributed by atoms with Crippen molar-refractivity contribution in [2.75, 3.05) is 7.05 Å². The fraction of sp³-hybridized carbons (Fsp3) is 0.222. The van der Waals surface area contributed by atoms with Gasteiger partial charge < -0.3 is 5.32 Å². The zero-order valence-corrected chi connectivity index (χ0v) is 15.5. The largest absolute Gasteiger partial charge is 0.321 e. The summed E-state index contributed by atoms with van der Waals surface area (Å²) in [5.74, 6) is 0.432. The number of guanidine groups is 1. The van der Waals surface area contributed by atoms with Crippen LogP contribution in [0.15, 0.2) is 40.5 Å². The lowest BCUT2D eigenvalue weighted by molar-refractivity contribution is -0.121. The van der Waals surface area contributed by atoms with E-state index in [1.165, 1.54) is 4.90 Å². The Labute approximate surface area is 154 Å². The Kier molecular flexibility index (Phi) is 4.04. The molecule has 1 aliphatic heterocycles. The normalized spacial score (nSPS) is 17.7. The number of hydrogen-bond donors (Lipinski definition) is 1. The summed E-state index contributed by atoms with van der Waals surface area (Å²) in [4.78, 5) is 22.9. The molecule has 1 N–H and O–H groups in total. The number of benzene rings is 1. The summed E-state index contributed by atoms with van der Waals surface area (Å²) in [6, 6.07) is 5.91. The van der Waals surface area contributed by atoms with Crippen LogP contribution in [0, 0.1) is 6.92 Å². The van der Waals surface area contributed by atoms with Crippen molar-refractivity contribution in [3.05, 3.63) is 51.7 Å². The topological polar surface area (TPSA) is 75.4 Å². The van der Waals surface area contributed by atoms with Gasteiger partial charge in [0.15, 0.2) is 0 Å². The number of fused-ring (bicyclic) bond motifs is 1. The molecule has 7 nitrogen and oxygen atoms in total. The lowest BCUT2D eigenvalue weighted by atomic mass is 10.1. The van der Waals surface area contributed by atoms with Gasteiger partial charge in [-0.15, -0.1) is 11.3 Å². The zero-order chi connectivity index (χ0) is 18.3. The molecule has 0 bridgehead atoms. The Balaban J connectivity index is 1.57. The molecule has 2 aromatic heterocycles. The lowest BCUT2D eigenvalue weighted by Crippen LogP contribution is -2.28. The van der Waals surface area contributed by atoms with Gasteiger partial charge in [0.25, 0.3) is 5.91 Å². The first-order valence-electron chi connectivity index (χ1n) is 8.15. The van der Waals surface area contributed by atoms with Crippen LogP contribution in [0.25, 0.3) is 17.0 Å². The number of nitrogens with one attached hydrogen (secondary N) is 1. The van der Waals surface area contributed by atoms with Crippen molar-refractivity contribution in [2.45, 2.75) is 13.5 Å². The quantitative estimate of drug-likeness (QED) is 0.722. The molecular weight excluding hydrogens is 348 g/mol. The van der Waals surface area contributed by atoms with Crippen LogP contribution in [-0.4, -0.2) is 38.6 Å². The second-order valence-corrected chi connectivity index (χ2v) is 7.13. The highest BCUT2D eigenvalue weighted by Crippen LogP contribution is 2.18. The molecule has 1 amide bonds. The molecule has 0 atom stereocenters. The molecule has 0 spiro atoms. The first-order valence-corrected chi connectivity index (χ1v) is 9.03. The Bertz CT molecular complexity index is 1060. The minimum atomic E-state index is -0.106. The van der Waals surface area contributed by atoms with E-state index in [1.54, 1.807) is 23.1 Å². The Morgan fingerprint density at radius 2 is 2.19 bits per heavy atom. The average Bonchev–Trinajstić information content (AvgIpc) is 3.26. The van der Waals surface area contributed by atoms with Gasteiger partial charge in [0.1, 0.15) is 10.7 Å². The van der Waals surface area contributed by atoms with Crippen molar-refractivity contribution >= 4 is 40.2 Å². The monoisotopic (exact) mass is 366 g/mol. The van der Waals surface area contributed by atoms with E-state index >= 15 is 0 Å². The highest BCUT2D eigenvalue weighted by Gasteiger charge is 2.28. The fourth-order valence-corrected chi connectivity index (χ4v) is 3.51.